The van der Waals surface area contributed by atoms with Gasteiger partial charge in [0.2, 0.25) is 0 Å². The van der Waals surface area contributed by atoms with Crippen molar-refractivity contribution < 1.29 is 13.2 Å². The summed E-state index contributed by atoms with van der Waals surface area (Å²) in [4.78, 5) is 3.78. The standard InChI is InChI=1S/C18H5Cl6F3IN/c19-9-4-13(23)11(21)1-6(9)7-3-15(18(25,26)27)29-17(16(7)28)8-2-12(22)14(24)5-10(8)20/h1-5H. The van der Waals surface area contributed by atoms with E-state index in [0.717, 1.165) is 6.07 Å². The molecular weight excluding hydrogens is 627 g/mol. The first-order chi connectivity index (χ1) is 13.4. The van der Waals surface area contributed by atoms with E-state index >= 15 is 0 Å². The number of alkyl halides is 3. The molecule has 1 aromatic heterocycles. The zero-order valence-corrected chi connectivity index (χ0v) is 20.3. The largest absolute Gasteiger partial charge is 0.433 e. The number of halogens is 10. The molecule has 0 fully saturated rings. The fraction of sp³-hybridized carbons (Fsp3) is 0.0556. The average molecular weight is 632 g/mol. The fourth-order valence-electron chi connectivity index (χ4n) is 2.48. The number of aromatic nitrogens is 1. The smallest absolute Gasteiger partial charge is 0.242 e. The van der Waals surface area contributed by atoms with Crippen LogP contribution in [0.3, 0.4) is 0 Å². The van der Waals surface area contributed by atoms with Crippen molar-refractivity contribution >= 4 is 92.2 Å². The van der Waals surface area contributed by atoms with Gasteiger partial charge in [-0.25, -0.2) is 4.98 Å². The molecule has 0 bridgehead atoms. The van der Waals surface area contributed by atoms with Crippen molar-refractivity contribution in [3.63, 3.8) is 0 Å². The molecule has 1 nitrogen and oxygen atoms in total. The molecular formula is C18H5Cl6F3IN. The Balaban J connectivity index is 2.39. The summed E-state index contributed by atoms with van der Waals surface area (Å²) in [6, 6.07) is 6.34. The van der Waals surface area contributed by atoms with E-state index in [4.69, 9.17) is 69.6 Å². The summed E-state index contributed by atoms with van der Waals surface area (Å²) in [5.74, 6) is 0. The van der Waals surface area contributed by atoms with Gasteiger partial charge in [-0.3, -0.25) is 0 Å². The lowest BCUT2D eigenvalue weighted by molar-refractivity contribution is -0.141. The van der Waals surface area contributed by atoms with Crippen LogP contribution in [0.5, 0.6) is 0 Å². The minimum atomic E-state index is -4.72. The van der Waals surface area contributed by atoms with Crippen molar-refractivity contribution in [3.8, 4) is 22.4 Å². The maximum Gasteiger partial charge on any atom is 0.433 e. The molecule has 29 heavy (non-hydrogen) atoms. The molecule has 0 aliphatic rings. The van der Waals surface area contributed by atoms with Crippen molar-refractivity contribution in [1.82, 2.24) is 4.98 Å². The van der Waals surface area contributed by atoms with E-state index in [2.05, 4.69) is 4.98 Å². The van der Waals surface area contributed by atoms with Crippen LogP contribution in [0.4, 0.5) is 13.2 Å². The summed E-state index contributed by atoms with van der Waals surface area (Å²) >= 11 is 38.3. The number of nitrogens with zero attached hydrogens (tertiary/aromatic N) is 1. The van der Waals surface area contributed by atoms with Crippen LogP contribution in [0.25, 0.3) is 22.4 Å². The van der Waals surface area contributed by atoms with Gasteiger partial charge in [0, 0.05) is 20.3 Å². The summed E-state index contributed by atoms with van der Waals surface area (Å²) in [6.45, 7) is 0. The molecule has 0 saturated carbocycles. The molecule has 0 N–H and O–H groups in total. The molecule has 0 saturated heterocycles. The van der Waals surface area contributed by atoms with Crippen LogP contribution in [0.2, 0.25) is 30.1 Å². The highest BCUT2D eigenvalue weighted by Gasteiger charge is 2.35. The Bertz CT molecular complexity index is 1060. The Labute approximate surface area is 207 Å². The third kappa shape index (κ3) is 4.86. The Morgan fingerprint density at radius 2 is 1.07 bits per heavy atom. The summed E-state index contributed by atoms with van der Waals surface area (Å²) in [6.07, 6.45) is -4.72. The van der Waals surface area contributed by atoms with Gasteiger partial charge in [-0.1, -0.05) is 69.6 Å². The molecule has 152 valence electrons. The Morgan fingerprint density at radius 3 is 1.59 bits per heavy atom. The van der Waals surface area contributed by atoms with Crippen LogP contribution in [-0.2, 0) is 6.18 Å². The van der Waals surface area contributed by atoms with E-state index in [0.29, 0.717) is 3.57 Å². The summed E-state index contributed by atoms with van der Waals surface area (Å²) in [5.41, 5.74) is -0.549. The third-order valence-corrected chi connectivity index (χ3v) is 6.98. The van der Waals surface area contributed by atoms with Gasteiger partial charge < -0.3 is 0 Å². The molecule has 0 unspecified atom stereocenters. The monoisotopic (exact) mass is 629 g/mol. The van der Waals surface area contributed by atoms with Gasteiger partial charge in [-0.15, -0.1) is 0 Å². The van der Waals surface area contributed by atoms with Gasteiger partial charge >= 0.3 is 6.18 Å². The number of hydrogen-bond donors (Lipinski definition) is 0. The molecule has 3 aromatic rings. The van der Waals surface area contributed by atoms with Gasteiger partial charge in [0.05, 0.1) is 35.8 Å². The number of hydrogen-bond acceptors (Lipinski definition) is 1. The quantitative estimate of drug-likeness (QED) is 0.203. The molecule has 0 aliphatic heterocycles. The van der Waals surface area contributed by atoms with E-state index in [1.54, 1.807) is 0 Å². The second-order valence-electron chi connectivity index (χ2n) is 5.71. The zero-order valence-electron chi connectivity index (χ0n) is 13.6. The zero-order chi connectivity index (χ0) is 21.7. The minimum absolute atomic E-state index is 0.0267. The lowest BCUT2D eigenvalue weighted by atomic mass is 10.0. The van der Waals surface area contributed by atoms with Crippen LogP contribution in [0, 0.1) is 3.57 Å². The molecule has 2 aromatic carbocycles. The van der Waals surface area contributed by atoms with E-state index in [1.807, 2.05) is 22.6 Å². The molecule has 11 heteroatoms. The maximum absolute atomic E-state index is 13.6. The number of pyridine rings is 1. The second-order valence-corrected chi connectivity index (χ2v) is 9.23. The second kappa shape index (κ2) is 8.77. The fourth-order valence-corrected chi connectivity index (χ4v) is 4.62. The van der Waals surface area contributed by atoms with E-state index < -0.39 is 11.9 Å². The Morgan fingerprint density at radius 1 is 0.621 bits per heavy atom. The average Bonchev–Trinajstić information content (AvgIpc) is 2.61. The van der Waals surface area contributed by atoms with Gasteiger partial charge in [-0.2, -0.15) is 13.2 Å². The van der Waals surface area contributed by atoms with Crippen molar-refractivity contribution in [2.75, 3.05) is 0 Å². The predicted molar refractivity (Wildman–Crippen MR) is 123 cm³/mol. The highest BCUT2D eigenvalue weighted by molar-refractivity contribution is 14.1. The van der Waals surface area contributed by atoms with Gasteiger partial charge in [0.25, 0.3) is 0 Å². The van der Waals surface area contributed by atoms with Crippen LogP contribution in [0.15, 0.2) is 30.3 Å². The molecule has 0 radical (unpaired) electrons. The lowest BCUT2D eigenvalue weighted by Gasteiger charge is -2.17. The highest BCUT2D eigenvalue weighted by atomic mass is 127. The van der Waals surface area contributed by atoms with Crippen LogP contribution in [-0.4, -0.2) is 4.98 Å². The predicted octanol–water partition coefficient (Wildman–Crippen LogP) is 9.96. The van der Waals surface area contributed by atoms with E-state index in [9.17, 15) is 13.2 Å². The number of rotatable bonds is 2. The highest BCUT2D eigenvalue weighted by Crippen LogP contribution is 2.44. The van der Waals surface area contributed by atoms with Gasteiger partial charge in [-0.05, 0) is 52.9 Å². The SMILES string of the molecule is FC(F)(F)c1cc(-c2cc(Cl)c(Cl)cc2Cl)c(I)c(-c2cc(Cl)c(Cl)cc2Cl)n1. The topological polar surface area (TPSA) is 12.9 Å². The molecule has 1 heterocycles. The Kier molecular flexibility index (Phi) is 7.11. The van der Waals surface area contributed by atoms with Crippen LogP contribution >= 0.6 is 92.2 Å². The Hall–Kier alpha value is -0.150. The minimum Gasteiger partial charge on any atom is -0.242 e. The first-order valence-corrected chi connectivity index (χ1v) is 10.8. The summed E-state index contributed by atoms with van der Waals surface area (Å²) in [7, 11) is 0. The molecule has 0 amide bonds. The molecule has 0 atom stereocenters. The van der Waals surface area contributed by atoms with Crippen molar-refractivity contribution in [3.05, 3.63) is 69.7 Å². The van der Waals surface area contributed by atoms with Crippen LogP contribution in [0.1, 0.15) is 5.69 Å². The van der Waals surface area contributed by atoms with Crippen molar-refractivity contribution in [1.29, 1.82) is 0 Å². The summed E-state index contributed by atoms with van der Waals surface area (Å²) < 4.78 is 41.1. The van der Waals surface area contributed by atoms with E-state index in [1.165, 1.54) is 24.3 Å². The van der Waals surface area contributed by atoms with E-state index in [-0.39, 0.29) is 52.5 Å². The number of benzene rings is 2. The van der Waals surface area contributed by atoms with Gasteiger partial charge in [0.15, 0.2) is 0 Å². The first kappa shape index (κ1) is 23.5. The van der Waals surface area contributed by atoms with Crippen LogP contribution < -0.4 is 0 Å². The van der Waals surface area contributed by atoms with Crippen molar-refractivity contribution in [2.45, 2.75) is 6.18 Å². The molecule has 0 aliphatic carbocycles. The van der Waals surface area contributed by atoms with Crippen molar-refractivity contribution in [2.24, 2.45) is 0 Å². The molecule has 0 spiro atoms. The third-order valence-electron chi connectivity index (χ3n) is 3.81. The summed E-state index contributed by atoms with van der Waals surface area (Å²) in [5, 5.41) is 0.818. The maximum atomic E-state index is 13.6. The van der Waals surface area contributed by atoms with Gasteiger partial charge in [0.1, 0.15) is 5.69 Å². The molecule has 3 rings (SSSR count). The lowest BCUT2D eigenvalue weighted by Crippen LogP contribution is -2.10. The first-order valence-electron chi connectivity index (χ1n) is 7.47. The normalized spacial score (nSPS) is 11.8.